The molecule has 1 aromatic carbocycles. The van der Waals surface area contributed by atoms with E-state index in [0.29, 0.717) is 0 Å². The fourth-order valence-corrected chi connectivity index (χ4v) is 2.27. The van der Waals surface area contributed by atoms with Crippen molar-refractivity contribution in [2.45, 2.75) is 38.8 Å². The number of hydrogen-bond donors (Lipinski definition) is 1. The Labute approximate surface area is 104 Å². The van der Waals surface area contributed by atoms with Crippen molar-refractivity contribution in [2.24, 2.45) is 5.92 Å². The summed E-state index contributed by atoms with van der Waals surface area (Å²) < 4.78 is 5.79. The molecular formula is C15H23NO. The van der Waals surface area contributed by atoms with Crippen LogP contribution < -0.4 is 5.32 Å². The zero-order valence-electron chi connectivity index (χ0n) is 10.7. The Hall–Kier alpha value is -0.860. The number of ether oxygens (including phenoxy) is 1. The summed E-state index contributed by atoms with van der Waals surface area (Å²) in [5.41, 5.74) is 2.66. The van der Waals surface area contributed by atoms with Gasteiger partial charge in [-0.05, 0) is 30.5 Å². The predicted octanol–water partition coefficient (Wildman–Crippen LogP) is 3.11. The minimum atomic E-state index is 0.755. The van der Waals surface area contributed by atoms with Crippen molar-refractivity contribution >= 4 is 0 Å². The van der Waals surface area contributed by atoms with Crippen molar-refractivity contribution in [1.82, 2.24) is 5.32 Å². The van der Waals surface area contributed by atoms with Gasteiger partial charge in [0.1, 0.15) is 0 Å². The molecule has 1 aromatic rings. The average molecular weight is 233 g/mol. The minimum Gasteiger partial charge on any atom is -0.377 e. The highest BCUT2D eigenvalue weighted by atomic mass is 16.5. The third kappa shape index (κ3) is 3.83. The van der Waals surface area contributed by atoms with Crippen LogP contribution in [0.25, 0.3) is 0 Å². The summed E-state index contributed by atoms with van der Waals surface area (Å²) in [6.07, 6.45) is 5.50. The second-order valence-electron chi connectivity index (χ2n) is 4.94. The highest BCUT2D eigenvalue weighted by Crippen LogP contribution is 2.29. The van der Waals surface area contributed by atoms with Gasteiger partial charge < -0.3 is 10.1 Å². The molecule has 0 atom stereocenters. The number of hydrogen-bond acceptors (Lipinski definition) is 2. The van der Waals surface area contributed by atoms with E-state index in [1.165, 1.54) is 36.8 Å². The number of rotatable bonds is 7. The van der Waals surface area contributed by atoms with E-state index in [4.69, 9.17) is 4.74 Å². The normalized spacial score (nSPS) is 15.8. The Kier molecular flexibility index (Phi) is 5.02. The molecule has 0 amide bonds. The maximum atomic E-state index is 5.79. The van der Waals surface area contributed by atoms with E-state index in [1.54, 1.807) is 0 Å². The molecule has 1 N–H and O–H groups in total. The predicted molar refractivity (Wildman–Crippen MR) is 70.8 cm³/mol. The molecule has 1 aliphatic rings. The first kappa shape index (κ1) is 12.6. The molecular weight excluding hydrogens is 210 g/mol. The second kappa shape index (κ2) is 6.77. The molecule has 0 unspecified atom stereocenters. The third-order valence-electron chi connectivity index (χ3n) is 3.64. The molecule has 2 heteroatoms. The lowest BCUT2D eigenvalue weighted by Gasteiger charge is -2.24. The molecule has 17 heavy (non-hydrogen) atoms. The monoisotopic (exact) mass is 233 g/mol. The smallest absolute Gasteiger partial charge is 0.0720 e. The fourth-order valence-electron chi connectivity index (χ4n) is 2.27. The van der Waals surface area contributed by atoms with Gasteiger partial charge in [-0.1, -0.05) is 43.5 Å². The SMILES string of the molecule is CNCc1ccccc1COCCC1CCC1. The van der Waals surface area contributed by atoms with Gasteiger partial charge in [-0.25, -0.2) is 0 Å². The van der Waals surface area contributed by atoms with Crippen molar-refractivity contribution in [3.63, 3.8) is 0 Å². The molecule has 2 rings (SSSR count). The zero-order chi connectivity index (χ0) is 11.9. The van der Waals surface area contributed by atoms with Crippen LogP contribution >= 0.6 is 0 Å². The van der Waals surface area contributed by atoms with Gasteiger partial charge in [0.05, 0.1) is 6.61 Å². The lowest BCUT2D eigenvalue weighted by molar-refractivity contribution is 0.0945. The van der Waals surface area contributed by atoms with E-state index < -0.39 is 0 Å². The Morgan fingerprint density at radius 2 is 2.00 bits per heavy atom. The maximum Gasteiger partial charge on any atom is 0.0720 e. The first-order chi connectivity index (χ1) is 8.40. The van der Waals surface area contributed by atoms with E-state index in [2.05, 4.69) is 29.6 Å². The van der Waals surface area contributed by atoms with Crippen LogP contribution in [0.2, 0.25) is 0 Å². The quantitative estimate of drug-likeness (QED) is 0.731. The summed E-state index contributed by atoms with van der Waals surface area (Å²) in [6.45, 7) is 2.59. The molecule has 0 saturated heterocycles. The first-order valence-electron chi connectivity index (χ1n) is 6.69. The summed E-state index contributed by atoms with van der Waals surface area (Å²) in [6, 6.07) is 8.51. The van der Waals surface area contributed by atoms with E-state index in [-0.39, 0.29) is 0 Å². The van der Waals surface area contributed by atoms with E-state index >= 15 is 0 Å². The van der Waals surface area contributed by atoms with Gasteiger partial charge in [0.15, 0.2) is 0 Å². The number of nitrogens with one attached hydrogen (secondary N) is 1. The van der Waals surface area contributed by atoms with Crippen LogP contribution in [0.3, 0.4) is 0 Å². The van der Waals surface area contributed by atoms with Crippen LogP contribution in [-0.2, 0) is 17.9 Å². The van der Waals surface area contributed by atoms with Gasteiger partial charge in [0.2, 0.25) is 0 Å². The summed E-state index contributed by atoms with van der Waals surface area (Å²) in [4.78, 5) is 0. The molecule has 0 radical (unpaired) electrons. The van der Waals surface area contributed by atoms with Crippen LogP contribution in [0, 0.1) is 5.92 Å². The van der Waals surface area contributed by atoms with Crippen molar-refractivity contribution in [3.8, 4) is 0 Å². The van der Waals surface area contributed by atoms with Gasteiger partial charge >= 0.3 is 0 Å². The van der Waals surface area contributed by atoms with Gasteiger partial charge in [-0.3, -0.25) is 0 Å². The third-order valence-corrected chi connectivity index (χ3v) is 3.64. The average Bonchev–Trinajstić information content (AvgIpc) is 2.29. The number of benzene rings is 1. The Balaban J connectivity index is 1.73. The molecule has 2 nitrogen and oxygen atoms in total. The van der Waals surface area contributed by atoms with Gasteiger partial charge in [0.25, 0.3) is 0 Å². The molecule has 0 aromatic heterocycles. The summed E-state index contributed by atoms with van der Waals surface area (Å²) in [7, 11) is 1.98. The highest BCUT2D eigenvalue weighted by molar-refractivity contribution is 5.26. The molecule has 0 aliphatic heterocycles. The highest BCUT2D eigenvalue weighted by Gasteiger charge is 2.16. The summed E-state index contributed by atoms with van der Waals surface area (Å²) in [5, 5.41) is 3.20. The van der Waals surface area contributed by atoms with Crippen LogP contribution in [0.15, 0.2) is 24.3 Å². The molecule has 1 saturated carbocycles. The maximum absolute atomic E-state index is 5.79. The fraction of sp³-hybridized carbons (Fsp3) is 0.600. The summed E-state index contributed by atoms with van der Waals surface area (Å²) >= 11 is 0. The van der Waals surface area contributed by atoms with E-state index in [1.807, 2.05) is 7.05 Å². The Morgan fingerprint density at radius 1 is 1.24 bits per heavy atom. The molecule has 1 aliphatic carbocycles. The first-order valence-corrected chi connectivity index (χ1v) is 6.69. The van der Waals surface area contributed by atoms with Crippen LogP contribution in [-0.4, -0.2) is 13.7 Å². The second-order valence-corrected chi connectivity index (χ2v) is 4.94. The molecule has 0 spiro atoms. The van der Waals surface area contributed by atoms with Gasteiger partial charge in [-0.15, -0.1) is 0 Å². The van der Waals surface area contributed by atoms with Crippen LogP contribution in [0.5, 0.6) is 0 Å². The van der Waals surface area contributed by atoms with Crippen molar-refractivity contribution in [2.75, 3.05) is 13.7 Å². The van der Waals surface area contributed by atoms with Gasteiger partial charge in [-0.2, -0.15) is 0 Å². The zero-order valence-corrected chi connectivity index (χ0v) is 10.7. The minimum absolute atomic E-state index is 0.755. The Bertz CT molecular complexity index is 333. The van der Waals surface area contributed by atoms with Crippen LogP contribution in [0.4, 0.5) is 0 Å². The molecule has 1 fully saturated rings. The standard InChI is InChI=1S/C15H23NO/c1-16-11-14-7-2-3-8-15(14)12-17-10-9-13-5-4-6-13/h2-3,7-8,13,16H,4-6,9-12H2,1H3. The lowest BCUT2D eigenvalue weighted by Crippen LogP contribution is -2.14. The topological polar surface area (TPSA) is 21.3 Å². The van der Waals surface area contributed by atoms with Crippen molar-refractivity contribution in [3.05, 3.63) is 35.4 Å². The Morgan fingerprint density at radius 3 is 2.65 bits per heavy atom. The summed E-state index contributed by atoms with van der Waals surface area (Å²) in [5.74, 6) is 0.947. The van der Waals surface area contributed by atoms with Crippen LogP contribution in [0.1, 0.15) is 36.8 Å². The van der Waals surface area contributed by atoms with Gasteiger partial charge in [0, 0.05) is 13.2 Å². The van der Waals surface area contributed by atoms with E-state index in [0.717, 1.165) is 25.7 Å². The van der Waals surface area contributed by atoms with E-state index in [9.17, 15) is 0 Å². The largest absolute Gasteiger partial charge is 0.377 e. The lowest BCUT2D eigenvalue weighted by atomic mass is 9.83. The molecule has 0 heterocycles. The van der Waals surface area contributed by atoms with Crippen molar-refractivity contribution < 1.29 is 4.74 Å². The van der Waals surface area contributed by atoms with Crippen molar-refractivity contribution in [1.29, 1.82) is 0 Å². The molecule has 94 valence electrons. The molecule has 0 bridgehead atoms.